The monoisotopic (exact) mass is 206 g/mol. The summed E-state index contributed by atoms with van der Waals surface area (Å²) < 4.78 is 0. The molecule has 2 amide bonds. The zero-order valence-electron chi connectivity index (χ0n) is 8.10. The van der Waals surface area contributed by atoms with Gasteiger partial charge in [-0.1, -0.05) is 35.5 Å². The van der Waals surface area contributed by atoms with Gasteiger partial charge in [0.15, 0.2) is 5.71 Å². The van der Waals surface area contributed by atoms with E-state index in [0.29, 0.717) is 5.56 Å². The van der Waals surface area contributed by atoms with Crippen molar-refractivity contribution in [2.75, 3.05) is 0 Å². The van der Waals surface area contributed by atoms with Crippen molar-refractivity contribution in [2.45, 2.75) is 6.92 Å². The van der Waals surface area contributed by atoms with Gasteiger partial charge in [0.1, 0.15) is 0 Å². The van der Waals surface area contributed by atoms with E-state index >= 15 is 0 Å². The number of nitrogens with one attached hydrogen (secondary N) is 1. The Kier molecular flexibility index (Phi) is 3.56. The number of oxime groups is 1. The normalized spacial score (nSPS) is 10.9. The third-order valence-electron chi connectivity index (χ3n) is 1.65. The number of carbonyl (C=O) groups is 2. The van der Waals surface area contributed by atoms with Crippen LogP contribution in [0.2, 0.25) is 0 Å². The van der Waals surface area contributed by atoms with Crippen molar-refractivity contribution in [1.82, 2.24) is 5.32 Å². The molecule has 5 nitrogen and oxygen atoms in total. The summed E-state index contributed by atoms with van der Waals surface area (Å²) in [4.78, 5) is 22.0. The molecule has 2 N–H and O–H groups in total. The van der Waals surface area contributed by atoms with Crippen LogP contribution in [0, 0.1) is 0 Å². The fourth-order valence-corrected chi connectivity index (χ4v) is 1.05. The molecular weight excluding hydrogens is 196 g/mol. The minimum Gasteiger partial charge on any atom is -0.410 e. The van der Waals surface area contributed by atoms with E-state index in [1.165, 1.54) is 6.92 Å². The Bertz CT molecular complexity index is 398. The van der Waals surface area contributed by atoms with Crippen molar-refractivity contribution in [1.29, 1.82) is 0 Å². The van der Waals surface area contributed by atoms with E-state index in [4.69, 9.17) is 5.21 Å². The predicted molar refractivity (Wildman–Crippen MR) is 53.6 cm³/mol. The molecule has 0 aliphatic carbocycles. The molecule has 15 heavy (non-hydrogen) atoms. The number of imide groups is 1. The highest BCUT2D eigenvalue weighted by atomic mass is 16.4. The lowest BCUT2D eigenvalue weighted by atomic mass is 10.1. The van der Waals surface area contributed by atoms with E-state index in [9.17, 15) is 9.59 Å². The highest BCUT2D eigenvalue weighted by molar-refractivity contribution is 6.46. The molecule has 78 valence electrons. The summed E-state index contributed by atoms with van der Waals surface area (Å²) >= 11 is 0. The zero-order valence-corrected chi connectivity index (χ0v) is 8.10. The van der Waals surface area contributed by atoms with E-state index in [2.05, 4.69) is 5.16 Å². The molecule has 0 aliphatic heterocycles. The second-order valence-electron chi connectivity index (χ2n) is 2.82. The maximum absolute atomic E-state index is 11.4. The summed E-state index contributed by atoms with van der Waals surface area (Å²) in [7, 11) is 0. The van der Waals surface area contributed by atoms with Gasteiger partial charge in [-0.3, -0.25) is 14.9 Å². The SMILES string of the molecule is CC(=O)NC(=O)C(=NO)c1ccccc1. The van der Waals surface area contributed by atoms with Crippen LogP contribution in [0.4, 0.5) is 0 Å². The Balaban J connectivity index is 2.92. The average Bonchev–Trinajstić information content (AvgIpc) is 2.19. The quantitative estimate of drug-likeness (QED) is 0.421. The van der Waals surface area contributed by atoms with Crippen LogP contribution in [0.25, 0.3) is 0 Å². The van der Waals surface area contributed by atoms with Crippen LogP contribution >= 0.6 is 0 Å². The summed E-state index contributed by atoms with van der Waals surface area (Å²) in [5, 5.41) is 13.6. The molecular formula is C10H10N2O3. The molecule has 0 aromatic heterocycles. The fourth-order valence-electron chi connectivity index (χ4n) is 1.05. The Morgan fingerprint density at radius 3 is 2.33 bits per heavy atom. The third kappa shape index (κ3) is 2.91. The number of amides is 2. The van der Waals surface area contributed by atoms with Crippen molar-refractivity contribution in [3.05, 3.63) is 35.9 Å². The minimum absolute atomic E-state index is 0.189. The third-order valence-corrected chi connectivity index (χ3v) is 1.65. The predicted octanol–water partition coefficient (Wildman–Crippen LogP) is 0.528. The average molecular weight is 206 g/mol. The first-order valence-corrected chi connectivity index (χ1v) is 4.24. The van der Waals surface area contributed by atoms with Gasteiger partial charge in [-0.15, -0.1) is 0 Å². The molecule has 5 heteroatoms. The van der Waals surface area contributed by atoms with Crippen LogP contribution in [0.3, 0.4) is 0 Å². The maximum Gasteiger partial charge on any atom is 0.280 e. The number of hydrogen-bond acceptors (Lipinski definition) is 4. The van der Waals surface area contributed by atoms with Crippen LogP contribution < -0.4 is 5.32 Å². The molecule has 0 radical (unpaired) electrons. The van der Waals surface area contributed by atoms with E-state index in [-0.39, 0.29) is 5.71 Å². The van der Waals surface area contributed by atoms with Crippen molar-refractivity contribution >= 4 is 17.5 Å². The fraction of sp³-hybridized carbons (Fsp3) is 0.100. The smallest absolute Gasteiger partial charge is 0.280 e. The lowest BCUT2D eigenvalue weighted by Crippen LogP contribution is -2.34. The van der Waals surface area contributed by atoms with Gasteiger partial charge in [-0.25, -0.2) is 0 Å². The minimum atomic E-state index is -0.726. The molecule has 1 rings (SSSR count). The van der Waals surface area contributed by atoms with Gasteiger partial charge in [0.05, 0.1) is 0 Å². The van der Waals surface area contributed by atoms with E-state index in [0.717, 1.165) is 0 Å². The van der Waals surface area contributed by atoms with Crippen molar-refractivity contribution in [3.63, 3.8) is 0 Å². The van der Waals surface area contributed by atoms with Crippen LogP contribution in [0.15, 0.2) is 35.5 Å². The van der Waals surface area contributed by atoms with Gasteiger partial charge >= 0.3 is 0 Å². The van der Waals surface area contributed by atoms with Crippen LogP contribution in [0.1, 0.15) is 12.5 Å². The second kappa shape index (κ2) is 4.90. The van der Waals surface area contributed by atoms with E-state index in [1.807, 2.05) is 5.32 Å². The molecule has 0 heterocycles. The summed E-state index contributed by atoms with van der Waals surface area (Å²) in [6, 6.07) is 8.37. The van der Waals surface area contributed by atoms with E-state index in [1.54, 1.807) is 30.3 Å². The lowest BCUT2D eigenvalue weighted by molar-refractivity contribution is -0.125. The van der Waals surface area contributed by atoms with Gasteiger partial charge in [0, 0.05) is 12.5 Å². The molecule has 1 aromatic rings. The standard InChI is InChI=1S/C10H10N2O3/c1-7(13)11-10(14)9(12-15)8-5-3-2-4-6-8/h2-6,15H,1H3,(H,11,13,14). The van der Waals surface area contributed by atoms with Gasteiger partial charge in [-0.2, -0.15) is 0 Å². The molecule has 0 atom stereocenters. The largest absolute Gasteiger partial charge is 0.410 e. The first-order chi connectivity index (χ1) is 7.15. The molecule has 0 saturated carbocycles. The lowest BCUT2D eigenvalue weighted by Gasteiger charge is -2.02. The van der Waals surface area contributed by atoms with Gasteiger partial charge in [0.25, 0.3) is 5.91 Å². The van der Waals surface area contributed by atoms with Crippen molar-refractivity contribution in [3.8, 4) is 0 Å². The molecule has 0 bridgehead atoms. The van der Waals surface area contributed by atoms with Crippen LogP contribution in [0.5, 0.6) is 0 Å². The highest BCUT2D eigenvalue weighted by Gasteiger charge is 2.15. The highest BCUT2D eigenvalue weighted by Crippen LogP contribution is 2.01. The first kappa shape index (κ1) is 10.9. The van der Waals surface area contributed by atoms with Crippen molar-refractivity contribution < 1.29 is 14.8 Å². The number of carbonyl (C=O) groups excluding carboxylic acids is 2. The Hall–Kier alpha value is -2.17. The van der Waals surface area contributed by atoms with Crippen LogP contribution in [-0.2, 0) is 9.59 Å². The Labute approximate surface area is 86.4 Å². The number of hydrogen-bond donors (Lipinski definition) is 2. The number of rotatable bonds is 2. The van der Waals surface area contributed by atoms with Crippen LogP contribution in [-0.4, -0.2) is 22.7 Å². The summed E-state index contributed by atoms with van der Waals surface area (Å²) in [5.74, 6) is -1.23. The Morgan fingerprint density at radius 1 is 1.27 bits per heavy atom. The number of benzene rings is 1. The number of nitrogens with zero attached hydrogens (tertiary/aromatic N) is 1. The molecule has 0 fully saturated rings. The molecule has 0 unspecified atom stereocenters. The molecule has 1 aromatic carbocycles. The van der Waals surface area contributed by atoms with E-state index < -0.39 is 11.8 Å². The zero-order chi connectivity index (χ0) is 11.3. The summed E-state index contributed by atoms with van der Waals surface area (Å²) in [5.41, 5.74) is 0.254. The van der Waals surface area contributed by atoms with Gasteiger partial charge in [-0.05, 0) is 0 Å². The van der Waals surface area contributed by atoms with Gasteiger partial charge in [0.2, 0.25) is 5.91 Å². The second-order valence-corrected chi connectivity index (χ2v) is 2.82. The van der Waals surface area contributed by atoms with Crippen molar-refractivity contribution in [2.24, 2.45) is 5.16 Å². The molecule has 0 spiro atoms. The Morgan fingerprint density at radius 2 is 1.87 bits per heavy atom. The summed E-state index contributed by atoms with van der Waals surface area (Å²) in [6.07, 6.45) is 0. The maximum atomic E-state index is 11.4. The first-order valence-electron chi connectivity index (χ1n) is 4.24. The molecule has 0 saturated heterocycles. The summed E-state index contributed by atoms with van der Waals surface area (Å²) in [6.45, 7) is 1.21. The molecule has 0 aliphatic rings. The topological polar surface area (TPSA) is 78.8 Å². The van der Waals surface area contributed by atoms with Gasteiger partial charge < -0.3 is 5.21 Å².